The summed E-state index contributed by atoms with van der Waals surface area (Å²) in [6.07, 6.45) is 5.09. The number of piperidine rings is 1. The topological polar surface area (TPSA) is 64.5 Å². The first kappa shape index (κ1) is 22.5. The molecule has 0 bridgehead atoms. The highest BCUT2D eigenvalue weighted by molar-refractivity contribution is 7.20. The van der Waals surface area contributed by atoms with Gasteiger partial charge in [0.25, 0.3) is 5.91 Å². The van der Waals surface area contributed by atoms with Crippen molar-refractivity contribution in [3.8, 4) is 11.5 Å². The van der Waals surface area contributed by atoms with Gasteiger partial charge in [-0.1, -0.05) is 6.07 Å². The Kier molecular flexibility index (Phi) is 6.65. The van der Waals surface area contributed by atoms with Crippen molar-refractivity contribution in [1.29, 1.82) is 0 Å². The lowest BCUT2D eigenvalue weighted by Crippen LogP contribution is -2.43. The molecule has 1 aromatic carbocycles. The number of amides is 1. The van der Waals surface area contributed by atoms with Crippen LogP contribution >= 0.6 is 11.3 Å². The van der Waals surface area contributed by atoms with E-state index < -0.39 is 0 Å². The van der Waals surface area contributed by atoms with Crippen molar-refractivity contribution in [3.63, 3.8) is 0 Å². The predicted molar refractivity (Wildman–Crippen MR) is 128 cm³/mol. The minimum Gasteiger partial charge on any atom is -0.493 e. The SMILES string of the molecule is COc1ccc(CCC2CCCCN2C(=O)c2sc3nc(C)nc(C)c3c2C)cc1OC. The maximum Gasteiger partial charge on any atom is 0.264 e. The summed E-state index contributed by atoms with van der Waals surface area (Å²) in [5.74, 6) is 2.37. The smallest absolute Gasteiger partial charge is 0.264 e. The van der Waals surface area contributed by atoms with E-state index in [2.05, 4.69) is 20.9 Å². The van der Waals surface area contributed by atoms with E-state index in [1.165, 1.54) is 16.9 Å². The Morgan fingerprint density at radius 2 is 1.91 bits per heavy atom. The van der Waals surface area contributed by atoms with E-state index in [1.54, 1.807) is 14.2 Å². The highest BCUT2D eigenvalue weighted by Crippen LogP contribution is 2.34. The van der Waals surface area contributed by atoms with E-state index in [-0.39, 0.29) is 11.9 Å². The van der Waals surface area contributed by atoms with Crippen LogP contribution in [-0.2, 0) is 6.42 Å². The van der Waals surface area contributed by atoms with Crippen molar-refractivity contribution >= 4 is 27.5 Å². The summed E-state index contributed by atoms with van der Waals surface area (Å²) in [5.41, 5.74) is 3.15. The molecule has 3 aromatic rings. The van der Waals surface area contributed by atoms with Gasteiger partial charge in [0.1, 0.15) is 10.7 Å². The third-order valence-corrected chi connectivity index (χ3v) is 7.55. The lowest BCUT2D eigenvalue weighted by molar-refractivity contribution is 0.0606. The molecular weight excluding hydrogens is 422 g/mol. The maximum absolute atomic E-state index is 13.6. The maximum atomic E-state index is 13.6. The number of rotatable bonds is 6. The molecule has 32 heavy (non-hydrogen) atoms. The highest BCUT2D eigenvalue weighted by Gasteiger charge is 2.30. The molecule has 0 saturated carbocycles. The molecule has 1 unspecified atom stereocenters. The van der Waals surface area contributed by atoms with Crippen molar-refractivity contribution in [2.75, 3.05) is 20.8 Å². The molecular formula is C25H31N3O3S. The second-order valence-corrected chi connectivity index (χ2v) is 9.47. The third-order valence-electron chi connectivity index (χ3n) is 6.38. The van der Waals surface area contributed by atoms with Gasteiger partial charge in [0, 0.05) is 23.7 Å². The average Bonchev–Trinajstić information content (AvgIpc) is 3.13. The molecule has 6 nitrogen and oxygen atoms in total. The molecule has 0 spiro atoms. The molecule has 1 amide bonds. The molecule has 170 valence electrons. The van der Waals surface area contributed by atoms with Crippen LogP contribution in [0.1, 0.15) is 58.0 Å². The monoisotopic (exact) mass is 453 g/mol. The van der Waals surface area contributed by atoms with Gasteiger partial charge < -0.3 is 14.4 Å². The fourth-order valence-corrected chi connectivity index (χ4v) is 5.98. The van der Waals surface area contributed by atoms with E-state index >= 15 is 0 Å². The first-order valence-corrected chi connectivity index (χ1v) is 12.0. The summed E-state index contributed by atoms with van der Waals surface area (Å²) in [6.45, 7) is 6.74. The number of thiophene rings is 1. The first-order chi connectivity index (χ1) is 15.4. The largest absolute Gasteiger partial charge is 0.493 e. The van der Waals surface area contributed by atoms with Crippen molar-refractivity contribution < 1.29 is 14.3 Å². The van der Waals surface area contributed by atoms with Gasteiger partial charge in [-0.25, -0.2) is 9.97 Å². The Morgan fingerprint density at radius 3 is 2.66 bits per heavy atom. The molecule has 2 aromatic heterocycles. The summed E-state index contributed by atoms with van der Waals surface area (Å²) in [6, 6.07) is 6.30. The Labute approximate surface area is 193 Å². The summed E-state index contributed by atoms with van der Waals surface area (Å²) in [4.78, 5) is 26.5. The number of carbonyl (C=O) groups is 1. The number of likely N-dealkylation sites (tertiary alicyclic amines) is 1. The first-order valence-electron chi connectivity index (χ1n) is 11.2. The van der Waals surface area contributed by atoms with Gasteiger partial charge in [-0.05, 0) is 76.1 Å². The number of aromatic nitrogens is 2. The van der Waals surface area contributed by atoms with Gasteiger partial charge in [-0.3, -0.25) is 4.79 Å². The lowest BCUT2D eigenvalue weighted by atomic mass is 9.95. The Morgan fingerprint density at radius 1 is 1.12 bits per heavy atom. The molecule has 0 aliphatic carbocycles. The van der Waals surface area contributed by atoms with E-state index in [1.807, 2.05) is 32.9 Å². The second-order valence-electron chi connectivity index (χ2n) is 8.47. The minimum atomic E-state index is 0.138. The quantitative estimate of drug-likeness (QED) is 0.509. The van der Waals surface area contributed by atoms with Crippen LogP contribution < -0.4 is 9.47 Å². The van der Waals surface area contributed by atoms with Crippen LogP contribution in [0.15, 0.2) is 18.2 Å². The molecule has 1 atom stereocenters. The summed E-state index contributed by atoms with van der Waals surface area (Å²) in [5, 5.41) is 1.03. The fraction of sp³-hybridized carbons (Fsp3) is 0.480. The zero-order valence-corrected chi connectivity index (χ0v) is 20.3. The van der Waals surface area contributed by atoms with E-state index in [0.717, 1.165) is 82.3 Å². The molecule has 1 saturated heterocycles. The minimum absolute atomic E-state index is 0.138. The molecule has 1 aliphatic rings. The van der Waals surface area contributed by atoms with Crippen LogP contribution in [0.4, 0.5) is 0 Å². The molecule has 1 aliphatic heterocycles. The molecule has 1 fully saturated rings. The number of hydrogen-bond donors (Lipinski definition) is 0. The summed E-state index contributed by atoms with van der Waals surface area (Å²) in [7, 11) is 3.30. The van der Waals surface area contributed by atoms with Crippen LogP contribution in [0.5, 0.6) is 11.5 Å². The van der Waals surface area contributed by atoms with Gasteiger partial charge in [0.2, 0.25) is 0 Å². The number of carbonyl (C=O) groups excluding carboxylic acids is 1. The Bertz CT molecular complexity index is 1140. The zero-order chi connectivity index (χ0) is 22.8. The second kappa shape index (κ2) is 9.45. The predicted octanol–water partition coefficient (Wildman–Crippen LogP) is 5.26. The van der Waals surface area contributed by atoms with Crippen molar-refractivity contribution in [2.45, 2.75) is 58.9 Å². The van der Waals surface area contributed by atoms with Crippen LogP contribution in [0.3, 0.4) is 0 Å². The lowest BCUT2D eigenvalue weighted by Gasteiger charge is -2.36. The number of hydrogen-bond acceptors (Lipinski definition) is 6. The number of nitrogens with zero attached hydrogens (tertiary/aromatic N) is 3. The third kappa shape index (κ3) is 4.31. The van der Waals surface area contributed by atoms with Crippen LogP contribution in [0.25, 0.3) is 10.2 Å². The standard InChI is InChI=1S/C25H31N3O3S/c1-15-22-16(2)26-17(3)27-24(22)32-23(15)25(29)28-13-7-6-8-19(28)11-9-18-10-12-20(30-4)21(14-18)31-5/h10,12,14,19H,6-9,11,13H2,1-5H3. The number of aryl methyl sites for hydroxylation is 4. The number of methoxy groups -OCH3 is 2. The van der Waals surface area contributed by atoms with Crippen LogP contribution in [-0.4, -0.2) is 47.6 Å². The van der Waals surface area contributed by atoms with Gasteiger partial charge in [-0.2, -0.15) is 0 Å². The van der Waals surface area contributed by atoms with Gasteiger partial charge in [0.15, 0.2) is 11.5 Å². The van der Waals surface area contributed by atoms with Crippen molar-refractivity contribution in [1.82, 2.24) is 14.9 Å². The molecule has 3 heterocycles. The fourth-order valence-electron chi connectivity index (χ4n) is 4.75. The Hall–Kier alpha value is -2.67. The van der Waals surface area contributed by atoms with Crippen LogP contribution in [0, 0.1) is 20.8 Å². The van der Waals surface area contributed by atoms with Gasteiger partial charge in [-0.15, -0.1) is 11.3 Å². The average molecular weight is 454 g/mol. The van der Waals surface area contributed by atoms with Crippen molar-refractivity contribution in [2.24, 2.45) is 0 Å². The summed E-state index contributed by atoms with van der Waals surface area (Å²) >= 11 is 1.51. The molecule has 7 heteroatoms. The molecule has 4 rings (SSSR count). The van der Waals surface area contributed by atoms with E-state index in [9.17, 15) is 4.79 Å². The number of fused-ring (bicyclic) bond motifs is 1. The number of ether oxygens (including phenoxy) is 2. The normalized spacial score (nSPS) is 16.4. The van der Waals surface area contributed by atoms with E-state index in [0.29, 0.717) is 0 Å². The highest BCUT2D eigenvalue weighted by atomic mass is 32.1. The van der Waals surface area contributed by atoms with Gasteiger partial charge >= 0.3 is 0 Å². The summed E-state index contributed by atoms with van der Waals surface area (Å²) < 4.78 is 10.8. The zero-order valence-electron chi connectivity index (χ0n) is 19.5. The molecule has 0 radical (unpaired) electrons. The van der Waals surface area contributed by atoms with Crippen molar-refractivity contribution in [3.05, 3.63) is 45.7 Å². The Balaban J connectivity index is 1.55. The van der Waals surface area contributed by atoms with E-state index in [4.69, 9.17) is 9.47 Å². The number of benzene rings is 1. The van der Waals surface area contributed by atoms with Crippen LogP contribution in [0.2, 0.25) is 0 Å². The van der Waals surface area contributed by atoms with Gasteiger partial charge in [0.05, 0.1) is 19.1 Å². The molecule has 0 N–H and O–H groups in total.